The molecule has 4 heteroatoms. The molecule has 0 amide bonds. The highest BCUT2D eigenvalue weighted by atomic mass is 32.1. The van der Waals surface area contributed by atoms with Crippen LogP contribution in [0.5, 0.6) is 0 Å². The Labute approximate surface area is 101 Å². The lowest BCUT2D eigenvalue weighted by Gasteiger charge is -2.24. The zero-order chi connectivity index (χ0) is 11.2. The van der Waals surface area contributed by atoms with Crippen LogP contribution in [-0.4, -0.2) is 32.1 Å². The van der Waals surface area contributed by atoms with E-state index < -0.39 is 0 Å². The first-order valence-corrected chi connectivity index (χ1v) is 6.72. The molecule has 0 aliphatic carbocycles. The average molecular weight is 241 g/mol. The Hall–Kier alpha value is -0.420. The van der Waals surface area contributed by atoms with Gasteiger partial charge in [-0.2, -0.15) is 11.3 Å². The minimum absolute atomic E-state index is 0.318. The molecule has 2 rings (SSSR count). The summed E-state index contributed by atoms with van der Waals surface area (Å²) in [5.41, 5.74) is 1.41. The van der Waals surface area contributed by atoms with Crippen LogP contribution in [-0.2, 0) is 15.9 Å². The van der Waals surface area contributed by atoms with E-state index >= 15 is 0 Å². The van der Waals surface area contributed by atoms with E-state index in [-0.39, 0.29) is 0 Å². The molecule has 0 radical (unpaired) electrons. The zero-order valence-electron chi connectivity index (χ0n) is 9.65. The van der Waals surface area contributed by atoms with Gasteiger partial charge in [-0.3, -0.25) is 0 Å². The third-order valence-corrected chi connectivity index (χ3v) is 3.52. The molecule has 2 atom stereocenters. The zero-order valence-corrected chi connectivity index (χ0v) is 10.5. The summed E-state index contributed by atoms with van der Waals surface area (Å²) < 4.78 is 10.6. The van der Waals surface area contributed by atoms with Crippen molar-refractivity contribution in [3.05, 3.63) is 22.4 Å². The van der Waals surface area contributed by atoms with Crippen LogP contribution in [0.25, 0.3) is 0 Å². The van der Waals surface area contributed by atoms with Crippen molar-refractivity contribution in [3.8, 4) is 0 Å². The van der Waals surface area contributed by atoms with Crippen molar-refractivity contribution in [3.63, 3.8) is 0 Å². The van der Waals surface area contributed by atoms with E-state index in [1.54, 1.807) is 11.3 Å². The molecule has 0 saturated carbocycles. The maximum Gasteiger partial charge on any atom is 0.147 e. The largest absolute Gasteiger partial charge is 0.355 e. The summed E-state index contributed by atoms with van der Waals surface area (Å²) in [7, 11) is 0. The van der Waals surface area contributed by atoms with Crippen molar-refractivity contribution in [2.75, 3.05) is 19.9 Å². The van der Waals surface area contributed by atoms with E-state index in [1.165, 1.54) is 5.56 Å². The topological polar surface area (TPSA) is 30.5 Å². The molecule has 1 saturated heterocycles. The Bertz CT molecular complexity index is 283. The third-order valence-electron chi connectivity index (χ3n) is 2.79. The third kappa shape index (κ3) is 3.87. The van der Waals surface area contributed by atoms with Gasteiger partial charge in [0, 0.05) is 12.6 Å². The summed E-state index contributed by atoms with van der Waals surface area (Å²) in [6, 6.07) is 2.69. The van der Waals surface area contributed by atoms with Crippen molar-refractivity contribution in [1.29, 1.82) is 0 Å². The molecule has 90 valence electrons. The Morgan fingerprint density at radius 3 is 3.25 bits per heavy atom. The fourth-order valence-corrected chi connectivity index (χ4v) is 2.51. The van der Waals surface area contributed by atoms with Gasteiger partial charge in [-0.05, 0) is 42.2 Å². The summed E-state index contributed by atoms with van der Waals surface area (Å²) in [6.07, 6.45) is 2.41. The van der Waals surface area contributed by atoms with E-state index in [9.17, 15) is 0 Å². The van der Waals surface area contributed by atoms with Gasteiger partial charge in [0.25, 0.3) is 0 Å². The predicted octanol–water partition coefficient (Wildman–Crippen LogP) is 2.03. The molecule has 0 spiro atoms. The first kappa shape index (κ1) is 12.0. The van der Waals surface area contributed by atoms with Crippen LogP contribution < -0.4 is 5.32 Å². The molecule has 1 aromatic heterocycles. The molecule has 1 aromatic rings. The van der Waals surface area contributed by atoms with E-state index in [0.29, 0.717) is 18.9 Å². The van der Waals surface area contributed by atoms with E-state index in [1.807, 2.05) is 0 Å². The maximum absolute atomic E-state index is 5.48. The van der Waals surface area contributed by atoms with Crippen molar-refractivity contribution in [1.82, 2.24) is 5.32 Å². The van der Waals surface area contributed by atoms with Crippen molar-refractivity contribution < 1.29 is 9.47 Å². The summed E-state index contributed by atoms with van der Waals surface area (Å²) in [4.78, 5) is 0. The SMILES string of the molecule is CC(Cc1ccsc1)NCC1CCOCO1. The molecule has 0 bridgehead atoms. The lowest BCUT2D eigenvalue weighted by molar-refractivity contribution is -0.137. The highest BCUT2D eigenvalue weighted by Crippen LogP contribution is 2.09. The Balaban J connectivity index is 1.65. The van der Waals surface area contributed by atoms with Gasteiger partial charge in [-0.25, -0.2) is 0 Å². The van der Waals surface area contributed by atoms with E-state index in [0.717, 1.165) is 26.0 Å². The first-order chi connectivity index (χ1) is 7.84. The lowest BCUT2D eigenvalue weighted by Crippen LogP contribution is -2.38. The number of ether oxygens (including phenoxy) is 2. The highest BCUT2D eigenvalue weighted by molar-refractivity contribution is 7.07. The summed E-state index contributed by atoms with van der Waals surface area (Å²) in [5.74, 6) is 0. The molecular formula is C12H19NO2S. The predicted molar refractivity (Wildman–Crippen MR) is 65.8 cm³/mol. The van der Waals surface area contributed by atoms with Crippen LogP contribution >= 0.6 is 11.3 Å². The molecule has 16 heavy (non-hydrogen) atoms. The molecule has 1 aliphatic heterocycles. The fraction of sp³-hybridized carbons (Fsp3) is 0.667. The lowest BCUT2D eigenvalue weighted by atomic mass is 10.1. The van der Waals surface area contributed by atoms with Gasteiger partial charge >= 0.3 is 0 Å². The molecule has 2 unspecified atom stereocenters. The monoisotopic (exact) mass is 241 g/mol. The standard InChI is InChI=1S/C12H19NO2S/c1-10(6-11-3-5-16-8-11)13-7-12-2-4-14-9-15-12/h3,5,8,10,12-13H,2,4,6-7,9H2,1H3. The van der Waals surface area contributed by atoms with Gasteiger partial charge in [-0.1, -0.05) is 0 Å². The van der Waals surface area contributed by atoms with Crippen molar-refractivity contribution in [2.45, 2.75) is 31.9 Å². The van der Waals surface area contributed by atoms with Crippen molar-refractivity contribution >= 4 is 11.3 Å². The van der Waals surface area contributed by atoms with E-state index in [2.05, 4.69) is 29.1 Å². The molecular weight excluding hydrogens is 222 g/mol. The Morgan fingerprint density at radius 1 is 1.62 bits per heavy atom. The van der Waals surface area contributed by atoms with Crippen molar-refractivity contribution in [2.24, 2.45) is 0 Å². The number of nitrogens with one attached hydrogen (secondary N) is 1. The molecule has 1 N–H and O–H groups in total. The molecule has 2 heterocycles. The quantitative estimate of drug-likeness (QED) is 0.855. The van der Waals surface area contributed by atoms with Crippen LogP contribution in [0.15, 0.2) is 16.8 Å². The molecule has 1 aliphatic rings. The van der Waals surface area contributed by atoms with Gasteiger partial charge in [0.15, 0.2) is 0 Å². The van der Waals surface area contributed by atoms with Gasteiger partial charge < -0.3 is 14.8 Å². The normalized spacial score (nSPS) is 23.2. The maximum atomic E-state index is 5.48. The second-order valence-corrected chi connectivity index (χ2v) is 5.03. The van der Waals surface area contributed by atoms with Gasteiger partial charge in [0.1, 0.15) is 6.79 Å². The number of rotatable bonds is 5. The second kappa shape index (κ2) is 6.35. The highest BCUT2D eigenvalue weighted by Gasteiger charge is 2.14. The fourth-order valence-electron chi connectivity index (χ4n) is 1.83. The summed E-state index contributed by atoms with van der Waals surface area (Å²) >= 11 is 1.76. The second-order valence-electron chi connectivity index (χ2n) is 4.25. The Kier molecular flexibility index (Phi) is 4.78. The van der Waals surface area contributed by atoms with E-state index in [4.69, 9.17) is 9.47 Å². The number of hydrogen-bond donors (Lipinski definition) is 1. The molecule has 3 nitrogen and oxygen atoms in total. The average Bonchev–Trinajstić information content (AvgIpc) is 2.81. The van der Waals surface area contributed by atoms with Gasteiger partial charge in [0.05, 0.1) is 12.7 Å². The minimum atomic E-state index is 0.318. The van der Waals surface area contributed by atoms with Crippen LogP contribution in [0.4, 0.5) is 0 Å². The van der Waals surface area contributed by atoms with Crippen LogP contribution in [0.1, 0.15) is 18.9 Å². The summed E-state index contributed by atoms with van der Waals surface area (Å²) in [6.45, 7) is 4.42. The summed E-state index contributed by atoms with van der Waals surface area (Å²) in [5, 5.41) is 7.85. The number of hydrogen-bond acceptors (Lipinski definition) is 4. The first-order valence-electron chi connectivity index (χ1n) is 5.78. The minimum Gasteiger partial charge on any atom is -0.355 e. The smallest absolute Gasteiger partial charge is 0.147 e. The van der Waals surface area contributed by atoms with Gasteiger partial charge in [-0.15, -0.1) is 0 Å². The van der Waals surface area contributed by atoms with Gasteiger partial charge in [0.2, 0.25) is 0 Å². The Morgan fingerprint density at radius 2 is 2.56 bits per heavy atom. The molecule has 0 aromatic carbocycles. The number of thiophene rings is 1. The van der Waals surface area contributed by atoms with Crippen LogP contribution in [0, 0.1) is 0 Å². The molecule has 1 fully saturated rings. The van der Waals surface area contributed by atoms with Crippen LogP contribution in [0.2, 0.25) is 0 Å². The van der Waals surface area contributed by atoms with Crippen LogP contribution in [0.3, 0.4) is 0 Å².